The van der Waals surface area contributed by atoms with Crippen LogP contribution >= 0.6 is 0 Å². The Labute approximate surface area is 185 Å². The van der Waals surface area contributed by atoms with Gasteiger partial charge >= 0.3 is 0 Å². The molecule has 1 atom stereocenters. The Hall–Kier alpha value is -3.67. The molecule has 0 bridgehead atoms. The van der Waals surface area contributed by atoms with Crippen molar-refractivity contribution in [1.29, 1.82) is 0 Å². The SMILES string of the molecule is CCc1ccc2oc3c(c(=O)c2c1)C(c1ccc(C(C)C)cc1)N(c1cc(C)on1)C3=O. The summed E-state index contributed by atoms with van der Waals surface area (Å²) >= 11 is 0. The Bertz CT molecular complexity index is 1400. The van der Waals surface area contributed by atoms with Crippen LogP contribution in [0.1, 0.15) is 71.3 Å². The lowest BCUT2D eigenvalue weighted by Gasteiger charge is -2.22. The topological polar surface area (TPSA) is 76.6 Å². The monoisotopic (exact) mass is 428 g/mol. The molecule has 0 aliphatic carbocycles. The second-order valence-corrected chi connectivity index (χ2v) is 8.55. The number of aromatic nitrogens is 1. The maximum Gasteiger partial charge on any atom is 0.296 e. The average molecular weight is 428 g/mol. The Morgan fingerprint density at radius 1 is 1.06 bits per heavy atom. The molecule has 0 fully saturated rings. The summed E-state index contributed by atoms with van der Waals surface area (Å²) in [5.41, 5.74) is 3.60. The summed E-state index contributed by atoms with van der Waals surface area (Å²) in [6, 6.07) is 14.6. The fourth-order valence-electron chi connectivity index (χ4n) is 4.32. The third kappa shape index (κ3) is 3.06. The smallest absolute Gasteiger partial charge is 0.296 e. The Morgan fingerprint density at radius 2 is 1.81 bits per heavy atom. The van der Waals surface area contributed by atoms with Gasteiger partial charge in [-0.2, -0.15) is 0 Å². The number of carbonyl (C=O) groups excluding carboxylic acids is 1. The largest absolute Gasteiger partial charge is 0.450 e. The number of hydrogen-bond acceptors (Lipinski definition) is 5. The highest BCUT2D eigenvalue weighted by Gasteiger charge is 2.44. The Balaban J connectivity index is 1.77. The van der Waals surface area contributed by atoms with Gasteiger partial charge in [-0.3, -0.25) is 14.5 Å². The third-order valence-electron chi connectivity index (χ3n) is 6.12. The van der Waals surface area contributed by atoms with Gasteiger partial charge < -0.3 is 8.94 Å². The van der Waals surface area contributed by atoms with Gasteiger partial charge in [0, 0.05) is 6.07 Å². The molecule has 5 rings (SSSR count). The summed E-state index contributed by atoms with van der Waals surface area (Å²) in [4.78, 5) is 28.7. The van der Waals surface area contributed by atoms with E-state index in [1.54, 1.807) is 19.1 Å². The summed E-state index contributed by atoms with van der Waals surface area (Å²) in [5.74, 6) is 0.969. The minimum Gasteiger partial charge on any atom is -0.450 e. The zero-order valence-corrected chi connectivity index (χ0v) is 18.5. The van der Waals surface area contributed by atoms with Crippen molar-refractivity contribution in [2.75, 3.05) is 4.90 Å². The molecule has 0 saturated heterocycles. The van der Waals surface area contributed by atoms with Crippen LogP contribution in [-0.2, 0) is 6.42 Å². The van der Waals surface area contributed by atoms with Crippen LogP contribution in [-0.4, -0.2) is 11.1 Å². The maximum atomic E-state index is 13.7. The zero-order chi connectivity index (χ0) is 22.6. The van der Waals surface area contributed by atoms with E-state index >= 15 is 0 Å². The van der Waals surface area contributed by atoms with Gasteiger partial charge in [-0.15, -0.1) is 0 Å². The molecule has 4 aromatic rings. The van der Waals surface area contributed by atoms with Gasteiger partial charge in [0.1, 0.15) is 11.3 Å². The molecule has 162 valence electrons. The molecule has 2 aromatic carbocycles. The number of hydrogen-bond donors (Lipinski definition) is 0. The van der Waals surface area contributed by atoms with Crippen molar-refractivity contribution in [3.63, 3.8) is 0 Å². The van der Waals surface area contributed by atoms with Crippen LogP contribution in [0, 0.1) is 6.92 Å². The predicted molar refractivity (Wildman–Crippen MR) is 122 cm³/mol. The van der Waals surface area contributed by atoms with Crippen LogP contribution in [0.2, 0.25) is 0 Å². The zero-order valence-electron chi connectivity index (χ0n) is 18.5. The average Bonchev–Trinajstić information content (AvgIpc) is 3.34. The van der Waals surface area contributed by atoms with E-state index in [4.69, 9.17) is 8.94 Å². The van der Waals surface area contributed by atoms with Crippen molar-refractivity contribution in [2.24, 2.45) is 0 Å². The lowest BCUT2D eigenvalue weighted by molar-refractivity contribution is 0.0969. The van der Waals surface area contributed by atoms with Crippen LogP contribution in [0.5, 0.6) is 0 Å². The van der Waals surface area contributed by atoms with E-state index in [9.17, 15) is 9.59 Å². The van der Waals surface area contributed by atoms with E-state index in [0.717, 1.165) is 17.5 Å². The van der Waals surface area contributed by atoms with Crippen molar-refractivity contribution >= 4 is 22.7 Å². The Kier molecular flexibility index (Phi) is 4.73. The van der Waals surface area contributed by atoms with E-state index < -0.39 is 11.9 Å². The number of benzene rings is 2. The van der Waals surface area contributed by atoms with Crippen LogP contribution < -0.4 is 10.3 Å². The number of amides is 1. The van der Waals surface area contributed by atoms with Gasteiger partial charge in [-0.25, -0.2) is 0 Å². The molecule has 32 heavy (non-hydrogen) atoms. The first-order chi connectivity index (χ1) is 15.4. The number of fused-ring (bicyclic) bond motifs is 2. The van der Waals surface area contributed by atoms with Gasteiger partial charge in [0.25, 0.3) is 5.91 Å². The van der Waals surface area contributed by atoms with Crippen LogP contribution in [0.15, 0.2) is 62.3 Å². The van der Waals surface area contributed by atoms with Crippen LogP contribution in [0.3, 0.4) is 0 Å². The molecule has 0 N–H and O–H groups in total. The van der Waals surface area contributed by atoms with Crippen molar-refractivity contribution in [1.82, 2.24) is 5.16 Å². The fraction of sp³-hybridized carbons (Fsp3) is 0.269. The third-order valence-corrected chi connectivity index (χ3v) is 6.12. The first-order valence-electron chi connectivity index (χ1n) is 10.9. The molecule has 6 nitrogen and oxygen atoms in total. The van der Waals surface area contributed by atoms with E-state index in [0.29, 0.717) is 34.0 Å². The number of carbonyl (C=O) groups is 1. The first-order valence-corrected chi connectivity index (χ1v) is 10.9. The summed E-state index contributed by atoms with van der Waals surface area (Å²) in [7, 11) is 0. The molecule has 6 heteroatoms. The number of nitrogens with zero attached hydrogens (tertiary/aromatic N) is 2. The van der Waals surface area contributed by atoms with Crippen LogP contribution in [0.4, 0.5) is 5.82 Å². The minimum atomic E-state index is -0.644. The molecule has 0 saturated carbocycles. The second-order valence-electron chi connectivity index (χ2n) is 8.55. The number of rotatable bonds is 4. The van der Waals surface area contributed by atoms with Crippen molar-refractivity contribution in [2.45, 2.75) is 46.1 Å². The van der Waals surface area contributed by atoms with Gasteiger partial charge in [-0.05, 0) is 48.1 Å². The highest BCUT2D eigenvalue weighted by atomic mass is 16.5. The lowest BCUT2D eigenvalue weighted by Crippen LogP contribution is -2.29. The normalized spacial score (nSPS) is 15.7. The van der Waals surface area contributed by atoms with E-state index in [1.807, 2.05) is 43.3 Å². The quantitative estimate of drug-likeness (QED) is 0.427. The number of anilines is 1. The molecule has 0 spiro atoms. The van der Waals surface area contributed by atoms with Crippen LogP contribution in [0.25, 0.3) is 11.0 Å². The predicted octanol–water partition coefficient (Wildman–Crippen LogP) is 5.53. The fourth-order valence-corrected chi connectivity index (χ4v) is 4.32. The molecule has 0 radical (unpaired) electrons. The minimum absolute atomic E-state index is 0.0605. The molecular weight excluding hydrogens is 404 g/mol. The first kappa shape index (κ1) is 20.2. The van der Waals surface area contributed by atoms with Gasteiger partial charge in [-0.1, -0.05) is 56.3 Å². The van der Waals surface area contributed by atoms with Gasteiger partial charge in [0.2, 0.25) is 5.76 Å². The second kappa shape index (κ2) is 7.48. The molecule has 2 aromatic heterocycles. The maximum absolute atomic E-state index is 13.7. The molecular formula is C26H24N2O4. The van der Waals surface area contributed by atoms with Crippen molar-refractivity contribution in [3.8, 4) is 0 Å². The highest BCUT2D eigenvalue weighted by molar-refractivity contribution is 6.10. The molecule has 1 aliphatic heterocycles. The van der Waals surface area contributed by atoms with E-state index in [-0.39, 0.29) is 11.2 Å². The van der Waals surface area contributed by atoms with Crippen molar-refractivity contribution < 1.29 is 13.7 Å². The summed E-state index contributed by atoms with van der Waals surface area (Å²) in [6.07, 6.45) is 0.801. The number of aryl methyl sites for hydroxylation is 2. The molecule has 1 aliphatic rings. The van der Waals surface area contributed by atoms with Crippen molar-refractivity contribution in [3.05, 3.63) is 92.5 Å². The highest BCUT2D eigenvalue weighted by Crippen LogP contribution is 2.41. The standard InChI is InChI=1S/C26H24N2O4/c1-5-16-6-11-20-19(13-16)24(29)22-23(18-9-7-17(8-10-18)14(2)3)28(26(30)25(22)31-20)21-12-15(4)32-27-21/h6-14,23H,5H2,1-4H3. The Morgan fingerprint density at radius 3 is 2.44 bits per heavy atom. The van der Waals surface area contributed by atoms with E-state index in [1.165, 1.54) is 10.5 Å². The molecule has 1 unspecified atom stereocenters. The van der Waals surface area contributed by atoms with Gasteiger partial charge in [0.05, 0.1) is 17.0 Å². The summed E-state index contributed by atoms with van der Waals surface area (Å²) in [6.45, 7) is 8.05. The lowest BCUT2D eigenvalue weighted by atomic mass is 9.95. The van der Waals surface area contributed by atoms with E-state index in [2.05, 4.69) is 19.0 Å². The molecule has 3 heterocycles. The summed E-state index contributed by atoms with van der Waals surface area (Å²) < 4.78 is 11.3. The van der Waals surface area contributed by atoms with Gasteiger partial charge in [0.15, 0.2) is 11.2 Å². The molecule has 1 amide bonds. The summed E-state index contributed by atoms with van der Waals surface area (Å²) in [5, 5.41) is 4.55.